The molecule has 1 fully saturated rings. The van der Waals surface area contributed by atoms with Crippen molar-refractivity contribution >= 4 is 27.2 Å². The first-order valence-electron chi connectivity index (χ1n) is 6.74. The molecule has 1 aliphatic carbocycles. The number of hydrogen-bond acceptors (Lipinski definition) is 3. The first kappa shape index (κ1) is 15.4. The highest BCUT2D eigenvalue weighted by Crippen LogP contribution is 2.36. The van der Waals surface area contributed by atoms with Crippen LogP contribution in [0.25, 0.3) is 0 Å². The van der Waals surface area contributed by atoms with E-state index in [2.05, 4.69) is 4.72 Å². The molecule has 0 radical (unpaired) electrons. The number of sulfonamides is 1. The Morgan fingerprint density at radius 1 is 1.45 bits per heavy atom. The first-order chi connectivity index (χ1) is 9.30. The average molecular weight is 312 g/mol. The van der Waals surface area contributed by atoms with Gasteiger partial charge < -0.3 is 5.73 Å². The molecular formula is C14H20N2O2S2. The van der Waals surface area contributed by atoms with E-state index in [1.165, 1.54) is 0 Å². The Morgan fingerprint density at radius 3 is 2.50 bits per heavy atom. The van der Waals surface area contributed by atoms with Gasteiger partial charge in [0.25, 0.3) is 0 Å². The van der Waals surface area contributed by atoms with Crippen LogP contribution in [0.3, 0.4) is 0 Å². The van der Waals surface area contributed by atoms with Crippen molar-refractivity contribution in [1.29, 1.82) is 0 Å². The van der Waals surface area contributed by atoms with Crippen molar-refractivity contribution < 1.29 is 8.42 Å². The lowest BCUT2D eigenvalue weighted by atomic mass is 9.76. The number of aryl methyl sites for hydroxylation is 1. The van der Waals surface area contributed by atoms with Crippen molar-refractivity contribution in [3.63, 3.8) is 0 Å². The van der Waals surface area contributed by atoms with E-state index in [0.29, 0.717) is 16.0 Å². The van der Waals surface area contributed by atoms with Crippen molar-refractivity contribution in [1.82, 2.24) is 4.72 Å². The van der Waals surface area contributed by atoms with Crippen molar-refractivity contribution in [3.05, 3.63) is 29.3 Å². The second kappa shape index (κ2) is 5.42. The third-order valence-corrected chi connectivity index (χ3v) is 6.06. The summed E-state index contributed by atoms with van der Waals surface area (Å²) in [5.74, 6) is 0. The van der Waals surface area contributed by atoms with Crippen LogP contribution in [0.4, 0.5) is 0 Å². The van der Waals surface area contributed by atoms with E-state index in [1.54, 1.807) is 25.1 Å². The molecule has 1 aromatic carbocycles. The van der Waals surface area contributed by atoms with Crippen LogP contribution in [0, 0.1) is 6.92 Å². The van der Waals surface area contributed by atoms with E-state index in [9.17, 15) is 8.42 Å². The second-order valence-electron chi connectivity index (χ2n) is 5.44. The Kier molecular flexibility index (Phi) is 4.18. The van der Waals surface area contributed by atoms with Crippen LogP contribution in [0.15, 0.2) is 23.1 Å². The maximum absolute atomic E-state index is 12.5. The molecule has 2 rings (SSSR count). The molecule has 0 atom stereocenters. The summed E-state index contributed by atoms with van der Waals surface area (Å²) in [5.41, 5.74) is 6.65. The van der Waals surface area contributed by atoms with Gasteiger partial charge in [0, 0.05) is 11.1 Å². The zero-order valence-electron chi connectivity index (χ0n) is 11.8. The summed E-state index contributed by atoms with van der Waals surface area (Å²) in [6.45, 7) is 3.78. The molecule has 110 valence electrons. The topological polar surface area (TPSA) is 72.2 Å². The maximum Gasteiger partial charge on any atom is 0.241 e. The molecule has 3 N–H and O–H groups in total. The highest BCUT2D eigenvalue weighted by atomic mass is 32.2. The van der Waals surface area contributed by atoms with Gasteiger partial charge in [-0.25, -0.2) is 13.1 Å². The van der Waals surface area contributed by atoms with Gasteiger partial charge in [0.2, 0.25) is 10.0 Å². The van der Waals surface area contributed by atoms with E-state index < -0.39 is 10.0 Å². The summed E-state index contributed by atoms with van der Waals surface area (Å²) in [6, 6.07) is 4.95. The third-order valence-electron chi connectivity index (χ3n) is 4.09. The smallest absolute Gasteiger partial charge is 0.241 e. The van der Waals surface area contributed by atoms with E-state index in [0.717, 1.165) is 25.7 Å². The van der Waals surface area contributed by atoms with Crippen LogP contribution in [0.2, 0.25) is 0 Å². The molecule has 20 heavy (non-hydrogen) atoms. The summed E-state index contributed by atoms with van der Waals surface area (Å²) in [5, 5.41) is 0. The number of benzene rings is 1. The molecule has 0 unspecified atom stereocenters. The number of nitrogens with two attached hydrogens (primary N) is 1. The van der Waals surface area contributed by atoms with Crippen LogP contribution in [0.5, 0.6) is 0 Å². The van der Waals surface area contributed by atoms with Gasteiger partial charge in [-0.2, -0.15) is 0 Å². The monoisotopic (exact) mass is 312 g/mol. The van der Waals surface area contributed by atoms with Gasteiger partial charge in [0.15, 0.2) is 0 Å². The Morgan fingerprint density at radius 2 is 2.10 bits per heavy atom. The van der Waals surface area contributed by atoms with E-state index in [1.807, 2.05) is 6.92 Å². The zero-order chi connectivity index (χ0) is 15.0. The molecule has 1 saturated carbocycles. The van der Waals surface area contributed by atoms with E-state index in [-0.39, 0.29) is 10.5 Å². The quantitative estimate of drug-likeness (QED) is 0.818. The highest BCUT2D eigenvalue weighted by Gasteiger charge is 2.39. The standard InChI is InChI=1S/C14H20N2O2S2/c1-3-14(7-4-8-14)16-20(17,18)12-6-5-11(13(15)19)9-10(12)2/h5-6,9,16H,3-4,7-8H2,1-2H3,(H2,15,19). The molecule has 4 nitrogen and oxygen atoms in total. The Bertz CT molecular complexity index is 629. The van der Waals surface area contributed by atoms with Gasteiger partial charge in [-0.15, -0.1) is 0 Å². The SMILES string of the molecule is CCC1(NS(=O)(=O)c2ccc(C(N)=S)cc2C)CCC1. The summed E-state index contributed by atoms with van der Waals surface area (Å²) >= 11 is 4.91. The van der Waals surface area contributed by atoms with Gasteiger partial charge in [-0.1, -0.05) is 25.2 Å². The van der Waals surface area contributed by atoms with Gasteiger partial charge >= 0.3 is 0 Å². The number of thiocarbonyl (C=S) groups is 1. The van der Waals surface area contributed by atoms with Crippen molar-refractivity contribution in [2.24, 2.45) is 5.73 Å². The molecule has 1 aromatic rings. The summed E-state index contributed by atoms with van der Waals surface area (Å²) < 4.78 is 27.9. The first-order valence-corrected chi connectivity index (χ1v) is 8.63. The molecule has 1 aliphatic rings. The number of rotatable bonds is 5. The summed E-state index contributed by atoms with van der Waals surface area (Å²) in [6.07, 6.45) is 3.71. The largest absolute Gasteiger partial charge is 0.389 e. The third kappa shape index (κ3) is 2.87. The molecule has 0 bridgehead atoms. The van der Waals surface area contributed by atoms with Gasteiger partial charge in [0.05, 0.1) is 4.90 Å². The van der Waals surface area contributed by atoms with Crippen LogP contribution in [-0.4, -0.2) is 18.9 Å². The highest BCUT2D eigenvalue weighted by molar-refractivity contribution is 7.89. The van der Waals surface area contributed by atoms with Crippen molar-refractivity contribution in [2.75, 3.05) is 0 Å². The minimum Gasteiger partial charge on any atom is -0.389 e. The van der Waals surface area contributed by atoms with Gasteiger partial charge in [-0.05, 0) is 50.3 Å². The van der Waals surface area contributed by atoms with Crippen LogP contribution in [0.1, 0.15) is 43.7 Å². The lowest BCUT2D eigenvalue weighted by Crippen LogP contribution is -2.52. The molecular weight excluding hydrogens is 292 g/mol. The van der Waals surface area contributed by atoms with Crippen molar-refractivity contribution in [2.45, 2.75) is 50.0 Å². The van der Waals surface area contributed by atoms with Crippen molar-refractivity contribution in [3.8, 4) is 0 Å². The molecule has 0 aliphatic heterocycles. The minimum atomic E-state index is -3.50. The molecule has 0 aromatic heterocycles. The fourth-order valence-corrected chi connectivity index (χ4v) is 4.46. The minimum absolute atomic E-state index is 0.257. The Labute approximate surface area is 125 Å². The Balaban J connectivity index is 2.32. The van der Waals surface area contributed by atoms with Gasteiger partial charge in [-0.3, -0.25) is 0 Å². The zero-order valence-corrected chi connectivity index (χ0v) is 13.4. The molecule has 0 saturated heterocycles. The lowest BCUT2D eigenvalue weighted by Gasteiger charge is -2.41. The fraction of sp³-hybridized carbons (Fsp3) is 0.500. The fourth-order valence-electron chi connectivity index (χ4n) is 2.58. The maximum atomic E-state index is 12.5. The lowest BCUT2D eigenvalue weighted by molar-refractivity contribution is 0.214. The second-order valence-corrected chi connectivity index (χ2v) is 7.53. The summed E-state index contributed by atoms with van der Waals surface area (Å²) in [4.78, 5) is 0.575. The summed E-state index contributed by atoms with van der Waals surface area (Å²) in [7, 11) is -3.50. The molecule has 0 heterocycles. The molecule has 0 amide bonds. The van der Waals surface area contributed by atoms with Gasteiger partial charge in [0.1, 0.15) is 4.99 Å². The molecule has 0 spiro atoms. The van der Waals surface area contributed by atoms with Crippen LogP contribution in [-0.2, 0) is 10.0 Å². The Hall–Kier alpha value is -0.980. The normalized spacial score (nSPS) is 17.5. The average Bonchev–Trinajstić information content (AvgIpc) is 2.33. The number of nitrogens with one attached hydrogen (secondary N) is 1. The predicted molar refractivity (Wildman–Crippen MR) is 84.3 cm³/mol. The predicted octanol–water partition coefficient (Wildman–Crippen LogP) is 2.24. The van der Waals surface area contributed by atoms with E-state index in [4.69, 9.17) is 18.0 Å². The van der Waals surface area contributed by atoms with E-state index >= 15 is 0 Å². The number of hydrogen-bond donors (Lipinski definition) is 2. The van der Waals surface area contributed by atoms with Crippen LogP contribution < -0.4 is 10.5 Å². The van der Waals surface area contributed by atoms with Crippen LogP contribution >= 0.6 is 12.2 Å². The molecule has 6 heteroatoms.